The number of allylic oxidation sites excluding steroid dienone is 2. The van der Waals surface area contributed by atoms with Crippen molar-refractivity contribution >= 4 is 33.4 Å². The lowest BCUT2D eigenvalue weighted by atomic mass is 9.91. The van der Waals surface area contributed by atoms with Crippen molar-refractivity contribution in [3.8, 4) is 51.0 Å². The molecule has 2 aliphatic rings. The van der Waals surface area contributed by atoms with Crippen molar-refractivity contribution in [3.63, 3.8) is 0 Å². The molecule has 264 valence electrons. The van der Waals surface area contributed by atoms with Crippen molar-refractivity contribution in [2.75, 3.05) is 4.90 Å². The lowest BCUT2D eigenvalue weighted by Crippen LogP contribution is -2.30. The average Bonchev–Trinajstić information content (AvgIpc) is 3.80. The SMILES string of the molecule is C1=CC2c3ccc4c5ccccc5n(-c5ccccc5)c4c3N(c3nc(-c4cccc(-c5ccccn5)c4)nc(-c4cccc(-c5ccccn5)c4)n3)C2C=C1. The highest BCUT2D eigenvalue weighted by Crippen LogP contribution is 2.52. The fourth-order valence-electron chi connectivity index (χ4n) is 8.37. The zero-order valence-corrected chi connectivity index (χ0v) is 30.2. The van der Waals surface area contributed by atoms with Gasteiger partial charge in [0.2, 0.25) is 5.95 Å². The monoisotopic (exact) mass is 719 g/mol. The number of nitrogens with zero attached hydrogens (tertiary/aromatic N) is 7. The van der Waals surface area contributed by atoms with E-state index in [0.29, 0.717) is 17.6 Å². The molecule has 4 aromatic heterocycles. The summed E-state index contributed by atoms with van der Waals surface area (Å²) in [5, 5.41) is 2.38. The topological polar surface area (TPSA) is 72.6 Å². The Balaban J connectivity index is 1.18. The van der Waals surface area contributed by atoms with Crippen LogP contribution in [0, 0.1) is 0 Å². The summed E-state index contributed by atoms with van der Waals surface area (Å²) in [7, 11) is 0. The van der Waals surface area contributed by atoms with Crippen LogP contribution in [0.5, 0.6) is 0 Å². The van der Waals surface area contributed by atoms with Crippen molar-refractivity contribution in [3.05, 3.63) is 194 Å². The van der Waals surface area contributed by atoms with E-state index >= 15 is 0 Å². The zero-order valence-electron chi connectivity index (χ0n) is 30.2. The normalized spacial score (nSPS) is 15.7. The van der Waals surface area contributed by atoms with Crippen LogP contribution < -0.4 is 4.90 Å². The summed E-state index contributed by atoms with van der Waals surface area (Å²) in [6, 6.07) is 52.4. The molecule has 56 heavy (non-hydrogen) atoms. The van der Waals surface area contributed by atoms with Crippen LogP contribution in [0.1, 0.15) is 11.5 Å². The molecule has 0 saturated heterocycles. The van der Waals surface area contributed by atoms with E-state index in [1.807, 2.05) is 60.9 Å². The molecule has 0 N–H and O–H groups in total. The van der Waals surface area contributed by atoms with Gasteiger partial charge in [0.15, 0.2) is 11.6 Å². The smallest absolute Gasteiger partial charge is 0.234 e. The van der Waals surface area contributed by atoms with Gasteiger partial charge in [-0.25, -0.2) is 4.98 Å². The Morgan fingerprint density at radius 2 is 1.11 bits per heavy atom. The summed E-state index contributed by atoms with van der Waals surface area (Å²) < 4.78 is 2.40. The molecule has 0 spiro atoms. The van der Waals surface area contributed by atoms with E-state index in [2.05, 4.69) is 147 Å². The van der Waals surface area contributed by atoms with Crippen molar-refractivity contribution < 1.29 is 0 Å². The maximum Gasteiger partial charge on any atom is 0.234 e. The number of pyridine rings is 2. The maximum atomic E-state index is 5.38. The molecular weight excluding hydrogens is 687 g/mol. The second-order valence-corrected chi connectivity index (χ2v) is 14.1. The van der Waals surface area contributed by atoms with E-state index in [-0.39, 0.29) is 12.0 Å². The van der Waals surface area contributed by atoms with Crippen LogP contribution in [0.3, 0.4) is 0 Å². The molecule has 0 bridgehead atoms. The summed E-state index contributed by atoms with van der Waals surface area (Å²) >= 11 is 0. The third kappa shape index (κ3) is 5.24. The highest BCUT2D eigenvalue weighted by Gasteiger charge is 2.41. The molecule has 0 fully saturated rings. The quantitative estimate of drug-likeness (QED) is 0.170. The molecule has 0 saturated carbocycles. The van der Waals surface area contributed by atoms with Crippen LogP contribution in [0.15, 0.2) is 188 Å². The summed E-state index contributed by atoms with van der Waals surface area (Å²) in [4.78, 5) is 27.6. The number of hydrogen-bond acceptors (Lipinski definition) is 6. The molecule has 2 atom stereocenters. The average molecular weight is 720 g/mol. The number of rotatable bonds is 6. The number of hydrogen-bond donors (Lipinski definition) is 0. The minimum absolute atomic E-state index is 0.0503. The minimum atomic E-state index is -0.0503. The predicted octanol–water partition coefficient (Wildman–Crippen LogP) is 11.2. The molecule has 0 radical (unpaired) electrons. The zero-order chi connectivity index (χ0) is 37.0. The molecule has 5 heterocycles. The van der Waals surface area contributed by atoms with Crippen LogP contribution in [-0.2, 0) is 0 Å². The van der Waals surface area contributed by atoms with Gasteiger partial charge in [-0.05, 0) is 60.2 Å². The third-order valence-corrected chi connectivity index (χ3v) is 10.9. The highest BCUT2D eigenvalue weighted by atomic mass is 15.3. The van der Waals surface area contributed by atoms with Crippen LogP contribution in [0.25, 0.3) is 72.8 Å². The first-order chi connectivity index (χ1) is 27.8. The Hall–Kier alpha value is -7.51. The molecular formula is C49H33N7. The van der Waals surface area contributed by atoms with E-state index < -0.39 is 0 Å². The molecule has 2 unspecified atom stereocenters. The van der Waals surface area contributed by atoms with Gasteiger partial charge in [-0.3, -0.25) is 9.97 Å². The van der Waals surface area contributed by atoms with Crippen LogP contribution in [0.2, 0.25) is 0 Å². The van der Waals surface area contributed by atoms with Crippen molar-refractivity contribution in [1.82, 2.24) is 29.5 Å². The molecule has 5 aromatic carbocycles. The lowest BCUT2D eigenvalue weighted by Gasteiger charge is -2.27. The van der Waals surface area contributed by atoms with Crippen molar-refractivity contribution in [1.29, 1.82) is 0 Å². The Labute approximate surface area is 323 Å². The largest absolute Gasteiger partial charge is 0.307 e. The predicted molar refractivity (Wildman–Crippen MR) is 225 cm³/mol. The Morgan fingerprint density at radius 3 is 1.79 bits per heavy atom. The second kappa shape index (κ2) is 13.1. The van der Waals surface area contributed by atoms with E-state index in [1.165, 1.54) is 16.3 Å². The fraction of sp³-hybridized carbons (Fsp3) is 0.0408. The van der Waals surface area contributed by atoms with Gasteiger partial charge < -0.3 is 9.47 Å². The van der Waals surface area contributed by atoms with Crippen LogP contribution in [-0.4, -0.2) is 35.5 Å². The summed E-state index contributed by atoms with van der Waals surface area (Å²) in [6.07, 6.45) is 12.5. The molecule has 11 rings (SSSR count). The number of fused-ring (bicyclic) bond motifs is 7. The Kier molecular flexibility index (Phi) is 7.48. The number of para-hydroxylation sites is 2. The van der Waals surface area contributed by atoms with Crippen LogP contribution >= 0.6 is 0 Å². The van der Waals surface area contributed by atoms with Gasteiger partial charge in [0, 0.05) is 57.0 Å². The van der Waals surface area contributed by atoms with Gasteiger partial charge in [0.25, 0.3) is 0 Å². The summed E-state index contributed by atoms with van der Waals surface area (Å²) in [5.41, 5.74) is 11.2. The van der Waals surface area contributed by atoms with Gasteiger partial charge in [-0.15, -0.1) is 0 Å². The molecule has 7 nitrogen and oxygen atoms in total. The highest BCUT2D eigenvalue weighted by molar-refractivity contribution is 6.15. The van der Waals surface area contributed by atoms with Gasteiger partial charge in [-0.2, -0.15) is 9.97 Å². The number of aromatic nitrogens is 6. The van der Waals surface area contributed by atoms with Gasteiger partial charge in [0.05, 0.1) is 34.2 Å². The van der Waals surface area contributed by atoms with E-state index in [4.69, 9.17) is 15.0 Å². The molecule has 7 heteroatoms. The van der Waals surface area contributed by atoms with Gasteiger partial charge >= 0.3 is 0 Å². The lowest BCUT2D eigenvalue weighted by molar-refractivity contribution is 0.728. The Morgan fingerprint density at radius 1 is 0.482 bits per heavy atom. The third-order valence-electron chi connectivity index (χ3n) is 10.9. The fourth-order valence-corrected chi connectivity index (χ4v) is 8.37. The Bertz CT molecular complexity index is 2890. The molecule has 1 aliphatic heterocycles. The van der Waals surface area contributed by atoms with E-state index in [9.17, 15) is 0 Å². The molecule has 1 aliphatic carbocycles. The van der Waals surface area contributed by atoms with Crippen molar-refractivity contribution in [2.24, 2.45) is 0 Å². The first kappa shape index (κ1) is 32.0. The first-order valence-electron chi connectivity index (χ1n) is 18.8. The summed E-state index contributed by atoms with van der Waals surface area (Å²) in [6.45, 7) is 0. The standard InChI is InChI=1S/C49H33N7/c1-2-18-36(19-3-1)55-43-24-6-4-20-37(43)39-26-27-40-38-21-5-7-25-44(38)56(46(40)45(39)55)49-53-47(34-16-12-14-32(30-34)41-22-8-10-28-50-41)52-48(54-49)35-17-13-15-33(31-35)42-23-9-11-29-51-42/h1-31,38,44H. The van der Waals surface area contributed by atoms with Gasteiger partial charge in [0.1, 0.15) is 0 Å². The van der Waals surface area contributed by atoms with Crippen molar-refractivity contribution in [2.45, 2.75) is 12.0 Å². The second-order valence-electron chi connectivity index (χ2n) is 14.1. The summed E-state index contributed by atoms with van der Waals surface area (Å²) in [5.74, 6) is 1.86. The number of benzene rings is 5. The van der Waals surface area contributed by atoms with Crippen LogP contribution in [0.4, 0.5) is 11.6 Å². The van der Waals surface area contributed by atoms with E-state index in [0.717, 1.165) is 56.0 Å². The molecule has 0 amide bonds. The minimum Gasteiger partial charge on any atom is -0.307 e. The maximum absolute atomic E-state index is 5.38. The first-order valence-corrected chi connectivity index (χ1v) is 18.8. The number of anilines is 2. The van der Waals surface area contributed by atoms with E-state index in [1.54, 1.807) is 0 Å². The van der Waals surface area contributed by atoms with Gasteiger partial charge in [-0.1, -0.05) is 121 Å². The molecule has 9 aromatic rings.